The SMILES string of the molecule is CCOC(=O)c1c(O)c2ccc(CC)cc2[nH]c1=O. The second-order valence-electron chi connectivity index (χ2n) is 4.13. The first kappa shape index (κ1) is 13.1. The lowest BCUT2D eigenvalue weighted by molar-refractivity contribution is 0.0521. The summed E-state index contributed by atoms with van der Waals surface area (Å²) in [6.07, 6.45) is 0.818. The minimum Gasteiger partial charge on any atom is -0.506 e. The minimum absolute atomic E-state index is 0.143. The van der Waals surface area contributed by atoms with Gasteiger partial charge in [0.2, 0.25) is 0 Å². The van der Waals surface area contributed by atoms with Gasteiger partial charge in [-0.15, -0.1) is 0 Å². The van der Waals surface area contributed by atoms with Crippen molar-refractivity contribution in [3.63, 3.8) is 0 Å². The predicted molar refractivity (Wildman–Crippen MR) is 71.6 cm³/mol. The summed E-state index contributed by atoms with van der Waals surface area (Å²) in [6.45, 7) is 3.77. The van der Waals surface area contributed by atoms with E-state index >= 15 is 0 Å². The van der Waals surface area contributed by atoms with Crippen LogP contribution >= 0.6 is 0 Å². The molecule has 0 fully saturated rings. The number of pyridine rings is 1. The van der Waals surface area contributed by atoms with Crippen molar-refractivity contribution in [3.8, 4) is 5.75 Å². The number of nitrogens with one attached hydrogen (secondary N) is 1. The van der Waals surface area contributed by atoms with Gasteiger partial charge in [-0.3, -0.25) is 4.79 Å². The van der Waals surface area contributed by atoms with Crippen LogP contribution in [-0.4, -0.2) is 22.7 Å². The summed E-state index contributed by atoms with van der Waals surface area (Å²) < 4.78 is 4.76. The predicted octanol–water partition coefficient (Wildman–Crippen LogP) is 1.97. The first-order valence-corrected chi connectivity index (χ1v) is 6.13. The molecule has 2 rings (SSSR count). The van der Waals surface area contributed by atoms with Crippen molar-refractivity contribution in [1.82, 2.24) is 4.98 Å². The number of hydrogen-bond donors (Lipinski definition) is 2. The van der Waals surface area contributed by atoms with E-state index in [1.807, 2.05) is 13.0 Å². The number of aromatic hydroxyl groups is 1. The van der Waals surface area contributed by atoms with E-state index < -0.39 is 11.5 Å². The molecule has 0 radical (unpaired) electrons. The van der Waals surface area contributed by atoms with Crippen molar-refractivity contribution in [3.05, 3.63) is 39.7 Å². The van der Waals surface area contributed by atoms with Gasteiger partial charge in [-0.2, -0.15) is 0 Å². The Morgan fingerprint density at radius 2 is 2.11 bits per heavy atom. The highest BCUT2D eigenvalue weighted by atomic mass is 16.5. The summed E-state index contributed by atoms with van der Waals surface area (Å²) in [5, 5.41) is 10.5. The zero-order chi connectivity index (χ0) is 14.0. The normalized spacial score (nSPS) is 10.6. The van der Waals surface area contributed by atoms with Gasteiger partial charge in [0.25, 0.3) is 5.56 Å². The van der Waals surface area contributed by atoms with Gasteiger partial charge in [0.15, 0.2) is 5.56 Å². The van der Waals surface area contributed by atoms with Crippen molar-refractivity contribution in [1.29, 1.82) is 0 Å². The number of aromatic amines is 1. The molecule has 0 unspecified atom stereocenters. The smallest absolute Gasteiger partial charge is 0.347 e. The van der Waals surface area contributed by atoms with Crippen LogP contribution in [0.25, 0.3) is 10.9 Å². The third-order valence-electron chi connectivity index (χ3n) is 2.94. The molecule has 100 valence electrons. The Balaban J connectivity index is 2.69. The second kappa shape index (κ2) is 5.14. The third-order valence-corrected chi connectivity index (χ3v) is 2.94. The fraction of sp³-hybridized carbons (Fsp3) is 0.286. The van der Waals surface area contributed by atoms with Crippen LogP contribution in [0, 0.1) is 0 Å². The Kier molecular flexibility index (Phi) is 3.55. The molecule has 0 spiro atoms. The largest absolute Gasteiger partial charge is 0.506 e. The highest BCUT2D eigenvalue weighted by Crippen LogP contribution is 2.26. The number of carbonyl (C=O) groups is 1. The molecule has 0 aliphatic rings. The zero-order valence-corrected chi connectivity index (χ0v) is 10.8. The number of benzene rings is 1. The Labute approximate surface area is 109 Å². The molecule has 1 aromatic heterocycles. The fourth-order valence-corrected chi connectivity index (χ4v) is 1.94. The molecule has 5 nitrogen and oxygen atoms in total. The Hall–Kier alpha value is -2.30. The summed E-state index contributed by atoms with van der Waals surface area (Å²) in [4.78, 5) is 26.1. The monoisotopic (exact) mass is 261 g/mol. The summed E-state index contributed by atoms with van der Waals surface area (Å²) in [5.74, 6) is -1.15. The Morgan fingerprint density at radius 1 is 1.37 bits per heavy atom. The molecule has 2 N–H and O–H groups in total. The maximum absolute atomic E-state index is 11.9. The molecule has 19 heavy (non-hydrogen) atoms. The van der Waals surface area contributed by atoms with Crippen molar-refractivity contribution >= 4 is 16.9 Å². The average Bonchev–Trinajstić information content (AvgIpc) is 2.38. The molecule has 1 heterocycles. The average molecular weight is 261 g/mol. The van der Waals surface area contributed by atoms with Gasteiger partial charge in [0.05, 0.1) is 12.1 Å². The molecule has 0 amide bonds. The number of aryl methyl sites for hydroxylation is 1. The van der Waals surface area contributed by atoms with Gasteiger partial charge in [0, 0.05) is 5.39 Å². The highest BCUT2D eigenvalue weighted by Gasteiger charge is 2.20. The van der Waals surface area contributed by atoms with Crippen LogP contribution < -0.4 is 5.56 Å². The molecule has 0 saturated heterocycles. The Bertz CT molecular complexity index is 688. The molecular formula is C14H15NO4. The van der Waals surface area contributed by atoms with Crippen molar-refractivity contribution in [2.75, 3.05) is 6.61 Å². The van der Waals surface area contributed by atoms with Crippen molar-refractivity contribution in [2.45, 2.75) is 20.3 Å². The first-order chi connectivity index (χ1) is 9.08. The Morgan fingerprint density at radius 3 is 2.74 bits per heavy atom. The first-order valence-electron chi connectivity index (χ1n) is 6.13. The van der Waals surface area contributed by atoms with E-state index in [9.17, 15) is 14.7 Å². The molecule has 1 aromatic carbocycles. The third kappa shape index (κ3) is 2.31. The highest BCUT2D eigenvalue weighted by molar-refractivity contribution is 5.99. The number of aromatic nitrogens is 1. The summed E-state index contributed by atoms with van der Waals surface area (Å²) in [6, 6.07) is 5.31. The van der Waals surface area contributed by atoms with Gasteiger partial charge in [-0.05, 0) is 31.0 Å². The van der Waals surface area contributed by atoms with Gasteiger partial charge in [0.1, 0.15) is 5.75 Å². The standard InChI is InChI=1S/C14H15NO4/c1-3-8-5-6-9-10(7-8)15-13(17)11(12(9)16)14(18)19-4-2/h5-7H,3-4H2,1-2H3,(H2,15,16,17). The molecule has 0 bridgehead atoms. The summed E-state index contributed by atoms with van der Waals surface area (Å²) >= 11 is 0. The quantitative estimate of drug-likeness (QED) is 0.828. The van der Waals surface area contributed by atoms with Crippen LogP contribution in [0.4, 0.5) is 0 Å². The lowest BCUT2D eigenvalue weighted by Gasteiger charge is -2.07. The van der Waals surface area contributed by atoms with Crippen LogP contribution in [-0.2, 0) is 11.2 Å². The number of rotatable bonds is 3. The van der Waals surface area contributed by atoms with E-state index in [4.69, 9.17) is 4.74 Å². The van der Waals surface area contributed by atoms with Gasteiger partial charge < -0.3 is 14.8 Å². The lowest BCUT2D eigenvalue weighted by atomic mass is 10.1. The van der Waals surface area contributed by atoms with E-state index in [1.54, 1.807) is 19.1 Å². The van der Waals surface area contributed by atoms with E-state index in [-0.39, 0.29) is 17.9 Å². The van der Waals surface area contributed by atoms with Gasteiger partial charge >= 0.3 is 5.97 Å². The van der Waals surface area contributed by atoms with Gasteiger partial charge in [-0.1, -0.05) is 13.0 Å². The van der Waals surface area contributed by atoms with Crippen LogP contribution in [0.5, 0.6) is 5.75 Å². The van der Waals surface area contributed by atoms with Crippen LogP contribution in [0.2, 0.25) is 0 Å². The second-order valence-corrected chi connectivity index (χ2v) is 4.13. The lowest BCUT2D eigenvalue weighted by Crippen LogP contribution is -2.20. The number of fused-ring (bicyclic) bond motifs is 1. The van der Waals surface area contributed by atoms with Crippen LogP contribution in [0.15, 0.2) is 23.0 Å². The summed E-state index contributed by atoms with van der Waals surface area (Å²) in [5.41, 5.74) is 0.552. The van der Waals surface area contributed by atoms with Crippen LogP contribution in [0.1, 0.15) is 29.8 Å². The molecule has 0 saturated carbocycles. The van der Waals surface area contributed by atoms with Crippen LogP contribution in [0.3, 0.4) is 0 Å². The number of ether oxygens (including phenoxy) is 1. The molecular weight excluding hydrogens is 246 g/mol. The number of H-pyrrole nitrogens is 1. The molecule has 0 aliphatic carbocycles. The number of hydrogen-bond acceptors (Lipinski definition) is 4. The maximum atomic E-state index is 11.9. The number of carbonyl (C=O) groups excluding carboxylic acids is 1. The summed E-state index contributed by atoms with van der Waals surface area (Å²) in [7, 11) is 0. The fourth-order valence-electron chi connectivity index (χ4n) is 1.94. The zero-order valence-electron chi connectivity index (χ0n) is 10.8. The maximum Gasteiger partial charge on any atom is 0.347 e. The van der Waals surface area contributed by atoms with E-state index in [1.165, 1.54) is 0 Å². The van der Waals surface area contributed by atoms with E-state index in [0.717, 1.165) is 12.0 Å². The van der Waals surface area contributed by atoms with Crippen molar-refractivity contribution < 1.29 is 14.6 Å². The molecule has 0 aliphatic heterocycles. The molecule has 2 aromatic rings. The molecule has 5 heteroatoms. The minimum atomic E-state index is -0.817. The van der Waals surface area contributed by atoms with Crippen molar-refractivity contribution in [2.24, 2.45) is 0 Å². The van der Waals surface area contributed by atoms with E-state index in [0.29, 0.717) is 10.9 Å². The number of esters is 1. The van der Waals surface area contributed by atoms with Gasteiger partial charge in [-0.25, -0.2) is 4.79 Å². The molecule has 0 atom stereocenters. The van der Waals surface area contributed by atoms with E-state index in [2.05, 4.69) is 4.98 Å². The topological polar surface area (TPSA) is 79.4 Å².